The fourth-order valence-corrected chi connectivity index (χ4v) is 4.42. The molecule has 0 fully saturated rings. The summed E-state index contributed by atoms with van der Waals surface area (Å²) in [6, 6.07) is 7.11. The Morgan fingerprint density at radius 2 is 2.19 bits per heavy atom. The minimum atomic E-state index is -4.12. The lowest BCUT2D eigenvalue weighted by molar-refractivity contribution is -0.113. The number of carbonyl (C=O) groups excluding carboxylic acids is 1. The van der Waals surface area contributed by atoms with E-state index in [0.29, 0.717) is 4.88 Å². The van der Waals surface area contributed by atoms with Crippen molar-refractivity contribution in [3.8, 4) is 0 Å². The normalized spacial score (nSPS) is 15.7. The van der Waals surface area contributed by atoms with Crippen molar-refractivity contribution in [1.29, 1.82) is 0 Å². The molecule has 140 valence electrons. The first-order valence-corrected chi connectivity index (χ1v) is 10.2. The second kappa shape index (κ2) is 7.63. The molecular weight excluding hydrogens is 413 g/mol. The average Bonchev–Trinajstić information content (AvgIpc) is 3.14. The van der Waals surface area contributed by atoms with Gasteiger partial charge in [0.15, 0.2) is 0 Å². The molecule has 1 amide bonds. The first-order valence-electron chi connectivity index (χ1n) is 7.57. The SMILES string of the molecule is C=CCN1C(C(=O)Nc2ccc(F)c(Cl)c2)=CC(c2cccs2)=NS1(=O)=O. The van der Waals surface area contributed by atoms with Crippen LogP contribution in [0.1, 0.15) is 4.88 Å². The highest BCUT2D eigenvalue weighted by Crippen LogP contribution is 2.25. The Morgan fingerprint density at radius 3 is 2.81 bits per heavy atom. The van der Waals surface area contributed by atoms with Crippen molar-refractivity contribution in [2.24, 2.45) is 4.40 Å². The number of hydrogen-bond donors (Lipinski definition) is 1. The predicted octanol–water partition coefficient (Wildman–Crippen LogP) is 3.60. The van der Waals surface area contributed by atoms with E-state index in [1.807, 2.05) is 0 Å². The van der Waals surface area contributed by atoms with Gasteiger partial charge in [0.2, 0.25) is 0 Å². The Hall–Kier alpha value is -2.49. The van der Waals surface area contributed by atoms with E-state index in [1.54, 1.807) is 17.5 Å². The van der Waals surface area contributed by atoms with Gasteiger partial charge in [0.1, 0.15) is 11.5 Å². The molecule has 0 aliphatic carbocycles. The Bertz CT molecular complexity index is 1060. The Kier molecular flexibility index (Phi) is 5.45. The van der Waals surface area contributed by atoms with Gasteiger partial charge >= 0.3 is 10.2 Å². The highest BCUT2D eigenvalue weighted by Gasteiger charge is 2.32. The van der Waals surface area contributed by atoms with Crippen LogP contribution in [0.15, 0.2) is 64.5 Å². The zero-order chi connectivity index (χ0) is 19.6. The van der Waals surface area contributed by atoms with Gasteiger partial charge < -0.3 is 5.32 Å². The molecule has 0 saturated carbocycles. The molecule has 1 aliphatic rings. The van der Waals surface area contributed by atoms with Gasteiger partial charge in [-0.15, -0.1) is 22.3 Å². The molecule has 0 radical (unpaired) electrons. The molecule has 0 saturated heterocycles. The molecule has 0 bridgehead atoms. The molecule has 6 nitrogen and oxygen atoms in total. The Morgan fingerprint density at radius 1 is 1.41 bits per heavy atom. The number of allylic oxidation sites excluding steroid dienone is 1. The van der Waals surface area contributed by atoms with Gasteiger partial charge in [-0.05, 0) is 35.7 Å². The van der Waals surface area contributed by atoms with E-state index in [0.717, 1.165) is 10.4 Å². The Balaban J connectivity index is 2.00. The van der Waals surface area contributed by atoms with Crippen molar-refractivity contribution in [2.75, 3.05) is 11.9 Å². The minimum absolute atomic E-state index is 0.131. The highest BCUT2D eigenvalue weighted by atomic mass is 35.5. The van der Waals surface area contributed by atoms with Crippen molar-refractivity contribution >= 4 is 50.5 Å². The van der Waals surface area contributed by atoms with Crippen molar-refractivity contribution in [2.45, 2.75) is 0 Å². The standard InChI is InChI=1S/C17H13ClFN3O3S2/c1-2-7-22-15(17(23)20-11-5-6-13(19)12(18)9-11)10-14(21-27(22,24)25)16-4-3-8-26-16/h2-6,8-10H,1,7H2,(H,20,23). The smallest absolute Gasteiger partial charge is 0.321 e. The molecule has 10 heteroatoms. The zero-order valence-corrected chi connectivity index (χ0v) is 16.1. The van der Waals surface area contributed by atoms with Crippen molar-refractivity contribution < 1.29 is 17.6 Å². The minimum Gasteiger partial charge on any atom is -0.321 e. The lowest BCUT2D eigenvalue weighted by atomic mass is 10.2. The van der Waals surface area contributed by atoms with Gasteiger partial charge in [-0.3, -0.25) is 4.79 Å². The molecule has 3 rings (SSSR count). The van der Waals surface area contributed by atoms with E-state index in [-0.39, 0.29) is 28.7 Å². The number of nitrogens with zero attached hydrogens (tertiary/aromatic N) is 2. The summed E-state index contributed by atoms with van der Waals surface area (Å²) in [7, 11) is -4.12. The first-order chi connectivity index (χ1) is 12.8. The summed E-state index contributed by atoms with van der Waals surface area (Å²) in [6.07, 6.45) is 2.73. The quantitative estimate of drug-likeness (QED) is 0.743. The molecule has 27 heavy (non-hydrogen) atoms. The number of halogens is 2. The number of amides is 1. The molecule has 1 aromatic carbocycles. The van der Waals surface area contributed by atoms with Crippen LogP contribution in [0.3, 0.4) is 0 Å². The summed E-state index contributed by atoms with van der Waals surface area (Å²) in [4.78, 5) is 13.3. The average molecular weight is 426 g/mol. The third-order valence-electron chi connectivity index (χ3n) is 3.51. The molecule has 0 spiro atoms. The molecule has 1 aliphatic heterocycles. The fourth-order valence-electron chi connectivity index (χ4n) is 2.32. The molecule has 1 N–H and O–H groups in total. The van der Waals surface area contributed by atoms with Crippen LogP contribution < -0.4 is 5.32 Å². The maximum Gasteiger partial charge on any atom is 0.345 e. The number of nitrogens with one attached hydrogen (secondary N) is 1. The van der Waals surface area contributed by atoms with Crippen LogP contribution in [-0.2, 0) is 15.0 Å². The van der Waals surface area contributed by atoms with E-state index in [1.165, 1.54) is 35.6 Å². The largest absolute Gasteiger partial charge is 0.345 e. The van der Waals surface area contributed by atoms with E-state index in [4.69, 9.17) is 11.6 Å². The maximum atomic E-state index is 13.3. The van der Waals surface area contributed by atoms with Gasteiger partial charge in [0.25, 0.3) is 5.91 Å². The van der Waals surface area contributed by atoms with Gasteiger partial charge in [-0.2, -0.15) is 8.42 Å². The number of hydrogen-bond acceptors (Lipinski definition) is 4. The van der Waals surface area contributed by atoms with Crippen LogP contribution in [0.25, 0.3) is 0 Å². The predicted molar refractivity (Wildman–Crippen MR) is 105 cm³/mol. The van der Waals surface area contributed by atoms with Crippen LogP contribution in [0, 0.1) is 5.82 Å². The van der Waals surface area contributed by atoms with Crippen LogP contribution in [0.4, 0.5) is 10.1 Å². The van der Waals surface area contributed by atoms with Gasteiger partial charge in [0.05, 0.1) is 22.2 Å². The number of benzene rings is 1. The van der Waals surface area contributed by atoms with Gasteiger partial charge in [-0.1, -0.05) is 23.7 Å². The van der Waals surface area contributed by atoms with Crippen molar-refractivity contribution in [1.82, 2.24) is 4.31 Å². The van der Waals surface area contributed by atoms with Crippen LogP contribution in [0.5, 0.6) is 0 Å². The molecule has 0 unspecified atom stereocenters. The summed E-state index contributed by atoms with van der Waals surface area (Å²) in [5.74, 6) is -1.33. The summed E-state index contributed by atoms with van der Waals surface area (Å²) in [5.41, 5.74) is 0.254. The van der Waals surface area contributed by atoms with E-state index < -0.39 is 21.9 Å². The third kappa shape index (κ3) is 4.10. The molecule has 1 aromatic heterocycles. The van der Waals surface area contributed by atoms with Crippen LogP contribution in [0.2, 0.25) is 5.02 Å². The second-order valence-corrected chi connectivity index (χ2v) is 8.24. The Labute approximate surface area is 164 Å². The number of thiophene rings is 1. The molecule has 0 atom stereocenters. The van der Waals surface area contributed by atoms with E-state index in [9.17, 15) is 17.6 Å². The highest BCUT2D eigenvalue weighted by molar-refractivity contribution is 7.88. The monoisotopic (exact) mass is 425 g/mol. The van der Waals surface area contributed by atoms with Crippen molar-refractivity contribution in [3.63, 3.8) is 0 Å². The van der Waals surface area contributed by atoms with Crippen molar-refractivity contribution in [3.05, 3.63) is 75.9 Å². The van der Waals surface area contributed by atoms with Crippen LogP contribution in [-0.4, -0.2) is 30.9 Å². The fraction of sp³-hybridized carbons (Fsp3) is 0.0588. The third-order valence-corrected chi connectivity index (χ3v) is 6.03. The summed E-state index contributed by atoms with van der Waals surface area (Å²) in [5, 5.41) is 4.13. The lowest BCUT2D eigenvalue weighted by Crippen LogP contribution is -2.38. The summed E-state index contributed by atoms with van der Waals surface area (Å²) >= 11 is 7.02. The van der Waals surface area contributed by atoms with E-state index >= 15 is 0 Å². The number of anilines is 1. The van der Waals surface area contributed by atoms with Gasteiger partial charge in [0, 0.05) is 5.69 Å². The van der Waals surface area contributed by atoms with E-state index in [2.05, 4.69) is 16.3 Å². The lowest BCUT2D eigenvalue weighted by Gasteiger charge is -2.26. The van der Waals surface area contributed by atoms with Gasteiger partial charge in [-0.25, -0.2) is 8.70 Å². The number of rotatable bonds is 5. The number of carbonyl (C=O) groups is 1. The second-order valence-electron chi connectivity index (χ2n) is 5.36. The molecule has 2 aromatic rings. The topological polar surface area (TPSA) is 78.8 Å². The summed E-state index contributed by atoms with van der Waals surface area (Å²) in [6.45, 7) is 3.39. The molecule has 2 heterocycles. The maximum absolute atomic E-state index is 13.3. The zero-order valence-electron chi connectivity index (χ0n) is 13.7. The first kappa shape index (κ1) is 19.3. The van der Waals surface area contributed by atoms with Crippen LogP contribution >= 0.6 is 22.9 Å². The molecular formula is C17H13ClFN3O3S2. The summed E-state index contributed by atoms with van der Waals surface area (Å²) < 4.78 is 43.0.